The highest BCUT2D eigenvalue weighted by Crippen LogP contribution is 2.29. The molecule has 2 aromatic heterocycles. The van der Waals surface area contributed by atoms with E-state index in [4.69, 9.17) is 4.42 Å². The lowest BCUT2D eigenvalue weighted by Crippen LogP contribution is -2.08. The Labute approximate surface area is 91.9 Å². The second-order valence-corrected chi connectivity index (χ2v) is 3.54. The average Bonchev–Trinajstić information content (AvgIpc) is 2.70. The molecule has 0 aliphatic carbocycles. The summed E-state index contributed by atoms with van der Waals surface area (Å²) < 4.78 is 41.8. The molecular weight excluding hydrogens is 243 g/mol. The monoisotopic (exact) mass is 247 g/mol. The molecule has 0 amide bonds. The van der Waals surface area contributed by atoms with Crippen molar-refractivity contribution in [3.63, 3.8) is 0 Å². The van der Waals surface area contributed by atoms with E-state index in [1.165, 1.54) is 12.5 Å². The van der Waals surface area contributed by atoms with Gasteiger partial charge in [-0.2, -0.15) is 13.2 Å². The normalized spacial score (nSPS) is 11.7. The van der Waals surface area contributed by atoms with Crippen molar-refractivity contribution in [2.75, 3.05) is 0 Å². The molecule has 0 aliphatic rings. The summed E-state index contributed by atoms with van der Waals surface area (Å²) in [6, 6.07) is 0.805. The van der Waals surface area contributed by atoms with Gasteiger partial charge in [-0.1, -0.05) is 0 Å². The van der Waals surface area contributed by atoms with Crippen LogP contribution in [-0.2, 0) is 6.18 Å². The van der Waals surface area contributed by atoms with Gasteiger partial charge in [0.2, 0.25) is 0 Å². The quantitative estimate of drug-likeness (QED) is 0.763. The van der Waals surface area contributed by atoms with Gasteiger partial charge in [0.05, 0.1) is 6.20 Å². The maximum atomic E-state index is 12.3. The van der Waals surface area contributed by atoms with Crippen molar-refractivity contribution in [1.29, 1.82) is 0 Å². The van der Waals surface area contributed by atoms with Crippen LogP contribution in [0.15, 0.2) is 39.5 Å². The van der Waals surface area contributed by atoms with Crippen LogP contribution in [0.5, 0.6) is 0 Å². The van der Waals surface area contributed by atoms with Crippen LogP contribution >= 0.6 is 11.8 Å². The molecule has 4 nitrogen and oxygen atoms in total. The van der Waals surface area contributed by atoms with Crippen molar-refractivity contribution in [3.8, 4) is 0 Å². The summed E-state index contributed by atoms with van der Waals surface area (Å²) in [5.41, 5.74) is -0.989. The molecule has 84 valence electrons. The number of halogens is 3. The Morgan fingerprint density at radius 3 is 2.62 bits per heavy atom. The van der Waals surface area contributed by atoms with Gasteiger partial charge < -0.3 is 4.42 Å². The van der Waals surface area contributed by atoms with Crippen LogP contribution in [0.1, 0.15) is 5.69 Å². The van der Waals surface area contributed by atoms with Crippen LogP contribution in [0.2, 0.25) is 0 Å². The number of aromatic nitrogens is 3. The first kappa shape index (κ1) is 10.9. The SMILES string of the molecule is FC(F)(F)c1ccnc(Sc2ncco2)n1. The van der Waals surface area contributed by atoms with Gasteiger partial charge in [0.25, 0.3) is 5.22 Å². The number of oxazole rings is 1. The number of alkyl halides is 3. The zero-order valence-corrected chi connectivity index (χ0v) is 8.42. The molecule has 0 radical (unpaired) electrons. The van der Waals surface area contributed by atoms with E-state index in [9.17, 15) is 13.2 Å². The minimum absolute atomic E-state index is 0.0581. The molecule has 0 bridgehead atoms. The average molecular weight is 247 g/mol. The van der Waals surface area contributed by atoms with Crippen LogP contribution in [0.4, 0.5) is 13.2 Å². The van der Waals surface area contributed by atoms with Crippen molar-refractivity contribution in [1.82, 2.24) is 15.0 Å². The maximum Gasteiger partial charge on any atom is 0.433 e. The zero-order valence-electron chi connectivity index (χ0n) is 7.60. The van der Waals surface area contributed by atoms with Crippen LogP contribution in [0.25, 0.3) is 0 Å². The largest absolute Gasteiger partial charge is 0.440 e. The molecule has 0 N–H and O–H groups in total. The summed E-state index contributed by atoms with van der Waals surface area (Å²) >= 11 is 0.825. The van der Waals surface area contributed by atoms with E-state index in [1.807, 2.05) is 0 Å². The zero-order chi connectivity index (χ0) is 11.6. The summed E-state index contributed by atoms with van der Waals surface area (Å²) in [5, 5.41) is 0.136. The Balaban J connectivity index is 2.23. The second-order valence-electron chi connectivity index (χ2n) is 2.62. The van der Waals surface area contributed by atoms with E-state index in [-0.39, 0.29) is 10.4 Å². The Bertz CT molecular complexity index is 472. The highest BCUT2D eigenvalue weighted by molar-refractivity contribution is 7.98. The topological polar surface area (TPSA) is 51.8 Å². The first-order chi connectivity index (χ1) is 7.55. The molecule has 0 fully saturated rings. The van der Waals surface area contributed by atoms with Crippen LogP contribution in [-0.4, -0.2) is 15.0 Å². The van der Waals surface area contributed by atoms with Gasteiger partial charge in [-0.25, -0.2) is 15.0 Å². The molecule has 2 aromatic rings. The highest BCUT2D eigenvalue weighted by Gasteiger charge is 2.32. The number of hydrogen-bond acceptors (Lipinski definition) is 5. The van der Waals surface area contributed by atoms with Crippen molar-refractivity contribution >= 4 is 11.8 Å². The Morgan fingerprint density at radius 2 is 2.00 bits per heavy atom. The van der Waals surface area contributed by atoms with E-state index < -0.39 is 11.9 Å². The standard InChI is InChI=1S/C8H4F3N3OS/c9-8(10,11)5-1-2-12-6(14-5)16-7-13-3-4-15-7/h1-4H. The lowest BCUT2D eigenvalue weighted by Gasteiger charge is -2.05. The first-order valence-electron chi connectivity index (χ1n) is 4.03. The summed E-state index contributed by atoms with van der Waals surface area (Å²) in [4.78, 5) is 10.8. The lowest BCUT2D eigenvalue weighted by molar-refractivity contribution is -0.141. The summed E-state index contributed by atoms with van der Waals surface area (Å²) in [7, 11) is 0. The Kier molecular flexibility index (Phi) is 2.82. The minimum Gasteiger partial charge on any atom is -0.440 e. The third kappa shape index (κ3) is 2.51. The third-order valence-corrected chi connectivity index (χ3v) is 2.27. The van der Waals surface area contributed by atoms with E-state index >= 15 is 0 Å². The fourth-order valence-corrected chi connectivity index (χ4v) is 1.52. The van der Waals surface area contributed by atoms with E-state index in [0.29, 0.717) is 0 Å². The Morgan fingerprint density at radius 1 is 1.19 bits per heavy atom. The van der Waals surface area contributed by atoms with Gasteiger partial charge in [-0.15, -0.1) is 0 Å². The van der Waals surface area contributed by atoms with Crippen molar-refractivity contribution in [2.24, 2.45) is 0 Å². The van der Waals surface area contributed by atoms with Gasteiger partial charge >= 0.3 is 6.18 Å². The molecule has 2 rings (SSSR count). The summed E-state index contributed by atoms with van der Waals surface area (Å²) in [6.45, 7) is 0. The van der Waals surface area contributed by atoms with Gasteiger partial charge in [-0.05, 0) is 6.07 Å². The van der Waals surface area contributed by atoms with Gasteiger partial charge in [-0.3, -0.25) is 0 Å². The Hall–Kier alpha value is -1.57. The number of nitrogens with zero attached hydrogens (tertiary/aromatic N) is 3. The van der Waals surface area contributed by atoms with E-state index in [0.717, 1.165) is 24.0 Å². The second kappa shape index (κ2) is 4.12. The molecular formula is C8H4F3N3OS. The third-order valence-electron chi connectivity index (χ3n) is 1.51. The van der Waals surface area contributed by atoms with Crippen LogP contribution in [0, 0.1) is 0 Å². The molecule has 16 heavy (non-hydrogen) atoms. The molecule has 0 aliphatic heterocycles. The number of rotatable bonds is 2. The fraction of sp³-hybridized carbons (Fsp3) is 0.125. The van der Waals surface area contributed by atoms with Crippen LogP contribution in [0.3, 0.4) is 0 Å². The minimum atomic E-state index is -4.48. The van der Waals surface area contributed by atoms with Gasteiger partial charge in [0.1, 0.15) is 12.0 Å². The van der Waals surface area contributed by atoms with Gasteiger partial charge in [0.15, 0.2) is 5.16 Å². The lowest BCUT2D eigenvalue weighted by atomic mass is 10.4. The number of hydrogen-bond donors (Lipinski definition) is 0. The first-order valence-corrected chi connectivity index (χ1v) is 4.85. The summed E-state index contributed by atoms with van der Waals surface area (Å²) in [6.07, 6.45) is -0.734. The van der Waals surface area contributed by atoms with Gasteiger partial charge in [0, 0.05) is 18.0 Å². The highest BCUT2D eigenvalue weighted by atomic mass is 32.2. The summed E-state index contributed by atoms with van der Waals surface area (Å²) in [5.74, 6) is 0. The molecule has 0 atom stereocenters. The van der Waals surface area contributed by atoms with E-state index in [1.54, 1.807) is 0 Å². The predicted molar refractivity (Wildman–Crippen MR) is 47.7 cm³/mol. The van der Waals surface area contributed by atoms with E-state index in [2.05, 4.69) is 15.0 Å². The van der Waals surface area contributed by atoms with Crippen molar-refractivity contribution in [3.05, 3.63) is 30.4 Å². The molecule has 0 saturated heterocycles. The van der Waals surface area contributed by atoms with Crippen molar-refractivity contribution in [2.45, 2.75) is 16.6 Å². The smallest absolute Gasteiger partial charge is 0.433 e. The fourth-order valence-electron chi connectivity index (χ4n) is 0.887. The van der Waals surface area contributed by atoms with Crippen LogP contribution < -0.4 is 0 Å². The molecule has 0 unspecified atom stereocenters. The molecule has 0 spiro atoms. The predicted octanol–water partition coefficient (Wildman–Crippen LogP) is 2.63. The molecule has 0 aromatic carbocycles. The molecule has 0 saturated carbocycles. The van der Waals surface area contributed by atoms with Crippen molar-refractivity contribution < 1.29 is 17.6 Å². The molecule has 2 heterocycles. The molecule has 8 heteroatoms. The maximum absolute atomic E-state index is 12.3.